The number of aliphatic carboxylic acids is 1. The van der Waals surface area contributed by atoms with Gasteiger partial charge in [0.05, 0.1) is 12.7 Å². The zero-order valence-corrected chi connectivity index (χ0v) is 10.8. The molecule has 1 N–H and O–H groups in total. The molecule has 3 unspecified atom stereocenters. The molecule has 0 amide bonds. The van der Waals surface area contributed by atoms with Crippen molar-refractivity contribution >= 4 is 5.97 Å². The van der Waals surface area contributed by atoms with E-state index in [1.807, 2.05) is 13.8 Å². The summed E-state index contributed by atoms with van der Waals surface area (Å²) >= 11 is 0. The largest absolute Gasteiger partial charge is 0.480 e. The van der Waals surface area contributed by atoms with E-state index in [0.29, 0.717) is 18.4 Å². The molecule has 1 aliphatic heterocycles. The van der Waals surface area contributed by atoms with Crippen molar-refractivity contribution in [2.75, 3.05) is 19.7 Å². The summed E-state index contributed by atoms with van der Waals surface area (Å²) in [4.78, 5) is 13.5. The quantitative estimate of drug-likeness (QED) is 0.794. The predicted octanol–water partition coefficient (Wildman–Crippen LogP) is 1.60. The molecular formula is C13H23NO3. The monoisotopic (exact) mass is 241 g/mol. The van der Waals surface area contributed by atoms with E-state index in [2.05, 4.69) is 4.90 Å². The number of carbonyl (C=O) groups is 1. The number of carboxylic acid groups (broad SMARTS) is 1. The second-order valence-electron chi connectivity index (χ2n) is 5.55. The molecule has 0 spiro atoms. The number of likely N-dealkylation sites (tertiary alicyclic amines) is 1. The Morgan fingerprint density at radius 3 is 2.88 bits per heavy atom. The minimum absolute atomic E-state index is 0.223. The Balaban J connectivity index is 1.90. The zero-order chi connectivity index (χ0) is 12.4. The van der Waals surface area contributed by atoms with Crippen LogP contribution < -0.4 is 0 Å². The lowest BCUT2D eigenvalue weighted by Crippen LogP contribution is -2.41. The van der Waals surface area contributed by atoms with Crippen molar-refractivity contribution in [3.05, 3.63) is 0 Å². The lowest BCUT2D eigenvalue weighted by atomic mass is 9.94. The molecule has 4 heteroatoms. The number of nitrogens with zero attached hydrogens (tertiary/aromatic N) is 1. The number of hydrogen-bond acceptors (Lipinski definition) is 3. The molecule has 2 rings (SSSR count). The molecule has 4 nitrogen and oxygen atoms in total. The predicted molar refractivity (Wildman–Crippen MR) is 64.9 cm³/mol. The Bertz CT molecular complexity index is 280. The molecule has 2 fully saturated rings. The number of rotatable bonds is 5. The van der Waals surface area contributed by atoms with Gasteiger partial charge in [0.15, 0.2) is 0 Å². The highest BCUT2D eigenvalue weighted by Crippen LogP contribution is 2.41. The average Bonchev–Trinajstić information content (AvgIpc) is 2.75. The maximum Gasteiger partial charge on any atom is 0.321 e. The Hall–Kier alpha value is -0.610. The summed E-state index contributed by atoms with van der Waals surface area (Å²) < 4.78 is 5.52. The molecule has 1 heterocycles. The van der Waals surface area contributed by atoms with Crippen LogP contribution in [0.15, 0.2) is 0 Å². The standard InChI is InChI=1S/C13H23NO3/c1-9(2)17-7-6-14-8-10-4-3-5-11(10)12(14)13(15)16/h9-12H,3-8H2,1-2H3,(H,15,16). The first-order valence-electron chi connectivity index (χ1n) is 6.68. The van der Waals surface area contributed by atoms with Gasteiger partial charge in [-0.25, -0.2) is 0 Å². The third kappa shape index (κ3) is 2.80. The van der Waals surface area contributed by atoms with Crippen LogP contribution in [0.4, 0.5) is 0 Å². The van der Waals surface area contributed by atoms with Crippen LogP contribution in [0.1, 0.15) is 33.1 Å². The molecular weight excluding hydrogens is 218 g/mol. The van der Waals surface area contributed by atoms with Crippen molar-refractivity contribution in [1.29, 1.82) is 0 Å². The van der Waals surface area contributed by atoms with E-state index in [-0.39, 0.29) is 12.1 Å². The first-order valence-corrected chi connectivity index (χ1v) is 6.68. The van der Waals surface area contributed by atoms with Gasteiger partial charge in [-0.1, -0.05) is 6.42 Å². The maximum absolute atomic E-state index is 11.4. The van der Waals surface area contributed by atoms with E-state index in [4.69, 9.17) is 4.74 Å². The normalized spacial score (nSPS) is 33.2. The summed E-state index contributed by atoms with van der Waals surface area (Å²) in [5.41, 5.74) is 0. The SMILES string of the molecule is CC(C)OCCN1CC2CCCC2C1C(=O)O. The minimum atomic E-state index is -0.649. The highest BCUT2D eigenvalue weighted by molar-refractivity contribution is 5.74. The molecule has 0 aromatic rings. The van der Waals surface area contributed by atoms with Gasteiger partial charge >= 0.3 is 5.97 Å². The molecule has 17 heavy (non-hydrogen) atoms. The van der Waals surface area contributed by atoms with E-state index < -0.39 is 5.97 Å². The van der Waals surface area contributed by atoms with Crippen LogP contribution in [-0.2, 0) is 9.53 Å². The number of hydrogen-bond donors (Lipinski definition) is 1. The lowest BCUT2D eigenvalue weighted by molar-refractivity contribution is -0.143. The fourth-order valence-electron chi connectivity index (χ4n) is 3.37. The maximum atomic E-state index is 11.4. The van der Waals surface area contributed by atoms with Gasteiger partial charge in [-0.15, -0.1) is 0 Å². The summed E-state index contributed by atoms with van der Waals surface area (Å²) in [6, 6.07) is -0.265. The van der Waals surface area contributed by atoms with Gasteiger partial charge in [0.1, 0.15) is 6.04 Å². The number of ether oxygens (including phenoxy) is 1. The molecule has 1 saturated heterocycles. The lowest BCUT2D eigenvalue weighted by Gasteiger charge is -2.24. The molecule has 1 saturated carbocycles. The third-order valence-electron chi connectivity index (χ3n) is 4.07. The Kier molecular flexibility index (Phi) is 4.05. The Morgan fingerprint density at radius 1 is 1.47 bits per heavy atom. The van der Waals surface area contributed by atoms with Crippen LogP contribution in [0.2, 0.25) is 0 Å². The van der Waals surface area contributed by atoms with Crippen LogP contribution in [0.3, 0.4) is 0 Å². The first kappa shape index (κ1) is 12.8. The van der Waals surface area contributed by atoms with Crippen LogP contribution in [0.25, 0.3) is 0 Å². The molecule has 1 aliphatic carbocycles. The van der Waals surface area contributed by atoms with E-state index >= 15 is 0 Å². The van der Waals surface area contributed by atoms with Crippen molar-refractivity contribution in [3.63, 3.8) is 0 Å². The zero-order valence-electron chi connectivity index (χ0n) is 10.8. The summed E-state index contributed by atoms with van der Waals surface area (Å²) in [7, 11) is 0. The number of carboxylic acids is 1. The summed E-state index contributed by atoms with van der Waals surface area (Å²) in [5.74, 6) is 0.339. The Morgan fingerprint density at radius 2 is 2.24 bits per heavy atom. The van der Waals surface area contributed by atoms with Crippen LogP contribution in [0.5, 0.6) is 0 Å². The van der Waals surface area contributed by atoms with Crippen LogP contribution in [-0.4, -0.2) is 47.8 Å². The van der Waals surface area contributed by atoms with Crippen molar-refractivity contribution in [2.24, 2.45) is 11.8 Å². The van der Waals surface area contributed by atoms with E-state index in [0.717, 1.165) is 19.5 Å². The molecule has 3 atom stereocenters. The van der Waals surface area contributed by atoms with E-state index in [1.165, 1.54) is 12.8 Å². The van der Waals surface area contributed by atoms with E-state index in [9.17, 15) is 9.90 Å². The minimum Gasteiger partial charge on any atom is -0.480 e. The van der Waals surface area contributed by atoms with Crippen LogP contribution >= 0.6 is 0 Å². The summed E-state index contributed by atoms with van der Waals surface area (Å²) in [6.45, 7) is 6.35. The van der Waals surface area contributed by atoms with Crippen molar-refractivity contribution in [2.45, 2.75) is 45.3 Å². The Labute approximate surface area is 103 Å². The highest BCUT2D eigenvalue weighted by Gasteiger charge is 2.47. The van der Waals surface area contributed by atoms with Gasteiger partial charge < -0.3 is 9.84 Å². The molecule has 2 aliphatic rings. The summed E-state index contributed by atoms with van der Waals surface area (Å²) in [5, 5.41) is 9.36. The van der Waals surface area contributed by atoms with E-state index in [1.54, 1.807) is 0 Å². The van der Waals surface area contributed by atoms with Gasteiger partial charge in [-0.2, -0.15) is 0 Å². The third-order valence-corrected chi connectivity index (χ3v) is 4.07. The highest BCUT2D eigenvalue weighted by atomic mass is 16.5. The fourth-order valence-corrected chi connectivity index (χ4v) is 3.37. The molecule has 0 radical (unpaired) electrons. The van der Waals surface area contributed by atoms with Gasteiger partial charge in [0.2, 0.25) is 0 Å². The smallest absolute Gasteiger partial charge is 0.321 e. The molecule has 0 bridgehead atoms. The average molecular weight is 241 g/mol. The van der Waals surface area contributed by atoms with Gasteiger partial charge in [-0.3, -0.25) is 9.69 Å². The second kappa shape index (κ2) is 5.36. The van der Waals surface area contributed by atoms with Crippen molar-refractivity contribution in [3.8, 4) is 0 Å². The van der Waals surface area contributed by atoms with Gasteiger partial charge in [-0.05, 0) is 38.5 Å². The van der Waals surface area contributed by atoms with Crippen molar-refractivity contribution in [1.82, 2.24) is 4.90 Å². The first-order chi connectivity index (χ1) is 8.09. The fraction of sp³-hybridized carbons (Fsp3) is 0.923. The number of fused-ring (bicyclic) bond motifs is 1. The molecule has 98 valence electrons. The summed E-state index contributed by atoms with van der Waals surface area (Å²) in [6.07, 6.45) is 3.72. The van der Waals surface area contributed by atoms with Gasteiger partial charge in [0, 0.05) is 13.1 Å². The topological polar surface area (TPSA) is 49.8 Å². The van der Waals surface area contributed by atoms with Crippen molar-refractivity contribution < 1.29 is 14.6 Å². The van der Waals surface area contributed by atoms with Gasteiger partial charge in [0.25, 0.3) is 0 Å². The molecule has 0 aromatic heterocycles. The van der Waals surface area contributed by atoms with Crippen LogP contribution in [0, 0.1) is 11.8 Å². The molecule has 0 aromatic carbocycles. The second-order valence-corrected chi connectivity index (χ2v) is 5.55.